The van der Waals surface area contributed by atoms with E-state index in [4.69, 9.17) is 5.73 Å². The predicted octanol–water partition coefficient (Wildman–Crippen LogP) is 1.53. The van der Waals surface area contributed by atoms with E-state index >= 15 is 0 Å². The maximum atomic E-state index is 11.8. The Hall–Kier alpha value is -3.81. The summed E-state index contributed by atoms with van der Waals surface area (Å²) in [7, 11) is 1.72. The minimum atomic E-state index is -0.521. The van der Waals surface area contributed by atoms with Crippen LogP contribution >= 0.6 is 0 Å². The number of anilines is 2. The summed E-state index contributed by atoms with van der Waals surface area (Å²) in [6, 6.07) is 17.2. The molecule has 0 fully saturated rings. The van der Waals surface area contributed by atoms with Crippen molar-refractivity contribution in [3.05, 3.63) is 71.6 Å². The third-order valence-electron chi connectivity index (χ3n) is 4.53. The number of primary amides is 1. The van der Waals surface area contributed by atoms with E-state index in [1.54, 1.807) is 11.9 Å². The highest BCUT2D eigenvalue weighted by Crippen LogP contribution is 2.18. The van der Waals surface area contributed by atoms with E-state index in [9.17, 15) is 9.59 Å². The smallest absolute Gasteiger partial charge is 0.250 e. The summed E-state index contributed by atoms with van der Waals surface area (Å²) in [5.41, 5.74) is 8.54. The first-order valence-corrected chi connectivity index (χ1v) is 9.18. The fourth-order valence-electron chi connectivity index (χ4n) is 2.77. The van der Waals surface area contributed by atoms with Crippen LogP contribution in [0.4, 0.5) is 11.4 Å². The minimum absolute atomic E-state index is 0.0396. The number of carbonyl (C=O) groups is 2. The lowest BCUT2D eigenvalue weighted by Gasteiger charge is -2.21. The van der Waals surface area contributed by atoms with Gasteiger partial charge in [0, 0.05) is 31.9 Å². The standard InChI is InChI=1S/C21H24N6O2/c1-14(28)27(2)17-10-8-16(9-11-17)25-21-24-13-18(19(22)29)20(26-21)23-12-15-6-4-3-5-7-15/h3-11,23H,12-13H2,1-2H3,(H2,22,29)(H2,24,25,26). The van der Waals surface area contributed by atoms with Crippen molar-refractivity contribution in [2.75, 3.05) is 23.8 Å². The highest BCUT2D eigenvalue weighted by atomic mass is 16.2. The fraction of sp³-hybridized carbons (Fsp3) is 0.190. The number of amides is 2. The molecule has 8 heteroatoms. The van der Waals surface area contributed by atoms with E-state index < -0.39 is 5.91 Å². The molecule has 0 bridgehead atoms. The van der Waals surface area contributed by atoms with Gasteiger partial charge in [-0.15, -0.1) is 0 Å². The summed E-state index contributed by atoms with van der Waals surface area (Å²) in [5, 5.41) is 9.42. The van der Waals surface area contributed by atoms with Gasteiger partial charge in [0.1, 0.15) is 5.82 Å². The Morgan fingerprint density at radius 1 is 1.14 bits per heavy atom. The zero-order valence-corrected chi connectivity index (χ0v) is 16.4. The number of nitrogens with two attached hydrogens (primary N) is 1. The van der Waals surface area contributed by atoms with Crippen LogP contribution < -0.4 is 26.6 Å². The average Bonchev–Trinajstić information content (AvgIpc) is 2.73. The van der Waals surface area contributed by atoms with Crippen molar-refractivity contribution in [1.29, 1.82) is 0 Å². The highest BCUT2D eigenvalue weighted by Gasteiger charge is 2.19. The molecule has 0 unspecified atom stereocenters. The number of rotatable bonds is 6. The van der Waals surface area contributed by atoms with Gasteiger partial charge in [0.2, 0.25) is 17.8 Å². The third kappa shape index (κ3) is 5.13. The van der Waals surface area contributed by atoms with Crippen molar-refractivity contribution in [2.45, 2.75) is 13.5 Å². The molecule has 1 heterocycles. The van der Waals surface area contributed by atoms with Crippen molar-refractivity contribution in [2.24, 2.45) is 10.7 Å². The van der Waals surface area contributed by atoms with E-state index in [2.05, 4.69) is 20.9 Å². The fourth-order valence-corrected chi connectivity index (χ4v) is 2.77. The Morgan fingerprint density at radius 3 is 2.45 bits per heavy atom. The van der Waals surface area contributed by atoms with Gasteiger partial charge in [-0.05, 0) is 29.8 Å². The molecule has 3 rings (SSSR count). The molecule has 0 spiro atoms. The summed E-state index contributed by atoms with van der Waals surface area (Å²) in [5.74, 6) is 0.378. The molecule has 0 atom stereocenters. The molecule has 0 saturated heterocycles. The van der Waals surface area contributed by atoms with Crippen LogP contribution in [0.15, 0.2) is 71.0 Å². The average molecular weight is 392 g/mol. The Kier molecular flexibility index (Phi) is 6.13. The highest BCUT2D eigenvalue weighted by molar-refractivity contribution is 6.00. The second-order valence-corrected chi connectivity index (χ2v) is 6.59. The van der Waals surface area contributed by atoms with Crippen LogP contribution in [0.3, 0.4) is 0 Å². The molecular weight excluding hydrogens is 368 g/mol. The molecule has 5 N–H and O–H groups in total. The first-order chi connectivity index (χ1) is 13.9. The number of benzene rings is 2. The Morgan fingerprint density at radius 2 is 1.83 bits per heavy atom. The molecule has 1 aliphatic rings. The molecule has 0 aromatic heterocycles. The predicted molar refractivity (Wildman–Crippen MR) is 114 cm³/mol. The number of aliphatic imine (C=N–C) groups is 1. The Labute approximate surface area is 169 Å². The molecule has 2 aromatic carbocycles. The first kappa shape index (κ1) is 19.9. The SMILES string of the molecule is CC(=O)N(C)c1ccc(NC2=NC(NCc3ccccc3)=C(C(N)=O)CN2)cc1. The largest absolute Gasteiger partial charge is 0.366 e. The third-order valence-corrected chi connectivity index (χ3v) is 4.53. The summed E-state index contributed by atoms with van der Waals surface area (Å²) >= 11 is 0. The van der Waals surface area contributed by atoms with Gasteiger partial charge in [-0.1, -0.05) is 30.3 Å². The van der Waals surface area contributed by atoms with Crippen LogP contribution in [0, 0.1) is 0 Å². The van der Waals surface area contributed by atoms with Crippen LogP contribution in [0.25, 0.3) is 0 Å². The number of nitrogens with one attached hydrogen (secondary N) is 3. The van der Waals surface area contributed by atoms with Crippen LogP contribution in [-0.2, 0) is 16.1 Å². The summed E-state index contributed by atoms with van der Waals surface area (Å²) in [4.78, 5) is 29.3. The molecule has 1 aliphatic heterocycles. The van der Waals surface area contributed by atoms with E-state index in [1.165, 1.54) is 6.92 Å². The molecule has 0 saturated carbocycles. The molecular formula is C21H24N6O2. The monoisotopic (exact) mass is 392 g/mol. The Bertz CT molecular complexity index is 951. The van der Waals surface area contributed by atoms with E-state index in [1.807, 2.05) is 54.6 Å². The lowest BCUT2D eigenvalue weighted by Crippen LogP contribution is -2.40. The summed E-state index contributed by atoms with van der Waals surface area (Å²) in [6.07, 6.45) is 0. The minimum Gasteiger partial charge on any atom is -0.366 e. The van der Waals surface area contributed by atoms with Gasteiger partial charge < -0.3 is 26.6 Å². The molecule has 8 nitrogen and oxygen atoms in total. The maximum Gasteiger partial charge on any atom is 0.250 e. The second kappa shape index (κ2) is 8.92. The lowest BCUT2D eigenvalue weighted by atomic mass is 10.2. The van der Waals surface area contributed by atoms with Gasteiger partial charge in [-0.25, -0.2) is 0 Å². The van der Waals surface area contributed by atoms with Gasteiger partial charge in [-0.2, -0.15) is 4.99 Å². The quantitative estimate of drug-likeness (QED) is 0.596. The molecule has 0 aliphatic carbocycles. The van der Waals surface area contributed by atoms with E-state index in [0.29, 0.717) is 23.9 Å². The summed E-state index contributed by atoms with van der Waals surface area (Å²) in [6.45, 7) is 2.30. The second-order valence-electron chi connectivity index (χ2n) is 6.59. The number of hydrogen-bond acceptors (Lipinski definition) is 6. The van der Waals surface area contributed by atoms with Crippen molar-refractivity contribution in [3.8, 4) is 0 Å². The zero-order valence-electron chi connectivity index (χ0n) is 16.4. The Balaban J connectivity index is 1.73. The van der Waals surface area contributed by atoms with Crippen molar-refractivity contribution >= 4 is 29.1 Å². The van der Waals surface area contributed by atoms with Crippen LogP contribution in [0.5, 0.6) is 0 Å². The van der Waals surface area contributed by atoms with Crippen molar-refractivity contribution in [3.63, 3.8) is 0 Å². The number of carbonyl (C=O) groups excluding carboxylic acids is 2. The molecule has 2 amide bonds. The van der Waals surface area contributed by atoms with Gasteiger partial charge >= 0.3 is 0 Å². The van der Waals surface area contributed by atoms with Gasteiger partial charge in [0.15, 0.2) is 0 Å². The number of guanidine groups is 1. The molecule has 0 radical (unpaired) electrons. The van der Waals surface area contributed by atoms with E-state index in [-0.39, 0.29) is 12.5 Å². The van der Waals surface area contributed by atoms with Gasteiger partial charge in [0.25, 0.3) is 0 Å². The lowest BCUT2D eigenvalue weighted by molar-refractivity contribution is -0.116. The van der Waals surface area contributed by atoms with Gasteiger partial charge in [0.05, 0.1) is 12.1 Å². The zero-order chi connectivity index (χ0) is 20.8. The number of hydrogen-bond donors (Lipinski definition) is 4. The van der Waals surface area contributed by atoms with Crippen LogP contribution in [0.1, 0.15) is 12.5 Å². The summed E-state index contributed by atoms with van der Waals surface area (Å²) < 4.78 is 0. The van der Waals surface area contributed by atoms with Crippen molar-refractivity contribution in [1.82, 2.24) is 10.6 Å². The normalized spacial score (nSPS) is 13.2. The topological polar surface area (TPSA) is 112 Å². The van der Waals surface area contributed by atoms with Crippen LogP contribution in [0.2, 0.25) is 0 Å². The van der Waals surface area contributed by atoms with E-state index in [0.717, 1.165) is 16.9 Å². The van der Waals surface area contributed by atoms with Crippen LogP contribution in [-0.4, -0.2) is 31.4 Å². The van der Waals surface area contributed by atoms with Crippen molar-refractivity contribution < 1.29 is 9.59 Å². The van der Waals surface area contributed by atoms with Gasteiger partial charge in [-0.3, -0.25) is 9.59 Å². The molecule has 2 aromatic rings. The number of nitrogens with zero attached hydrogens (tertiary/aromatic N) is 2. The molecule has 150 valence electrons. The first-order valence-electron chi connectivity index (χ1n) is 9.18. The molecule has 29 heavy (non-hydrogen) atoms. The maximum absolute atomic E-state index is 11.8.